The Morgan fingerprint density at radius 3 is 2.49 bits per heavy atom. The van der Waals surface area contributed by atoms with Gasteiger partial charge in [0, 0.05) is 100 Å². The van der Waals surface area contributed by atoms with E-state index in [2.05, 4.69) is 95.3 Å². The Hall–Kier alpha value is -7.37. The summed E-state index contributed by atoms with van der Waals surface area (Å²) in [5, 5.41) is 11.8. The summed E-state index contributed by atoms with van der Waals surface area (Å²) in [5.74, 6) is 11.5. The predicted molar refractivity (Wildman–Crippen MR) is 281 cm³/mol. The van der Waals surface area contributed by atoms with Crippen LogP contribution in [0, 0.1) is 23.7 Å². The smallest absolute Gasteiger partial charge is 0.300 e. The van der Waals surface area contributed by atoms with Crippen molar-refractivity contribution in [2.75, 3.05) is 84.8 Å². The molecule has 4 amide bonds. The van der Waals surface area contributed by atoms with Crippen molar-refractivity contribution in [2.45, 2.75) is 64.1 Å². The predicted octanol–water partition coefficient (Wildman–Crippen LogP) is 5.19. The molecule has 4 aliphatic heterocycles. The molecular weight excluding hydrogens is 1020 g/mol. The van der Waals surface area contributed by atoms with Crippen LogP contribution >= 0.6 is 15.9 Å². The highest BCUT2D eigenvalue weighted by molar-refractivity contribution is 9.10. The lowest BCUT2D eigenvalue weighted by atomic mass is 10.0. The summed E-state index contributed by atoms with van der Waals surface area (Å²) in [6, 6.07) is 12.4. The van der Waals surface area contributed by atoms with Gasteiger partial charge >= 0.3 is 0 Å². The number of imide groups is 1. The number of piperazine rings is 1. The molecule has 22 heteroatoms. The standard InChI is InChI=1S/C51H54BrN13O7S/c1-4-9-44(66)56-39-28-40(58-51-55-30-36(52)48(60-51)57-38-14-13-37-46(54-20-19-53-37)47(38)61-73(3,70)71)43(72-2)29-42(39)64-22-17-33(18-23-64)63-26-24-62(25-27-63)21-7-5-6-10-32-11-8-12-34-35(32)31-65(50(34)69)41-15-16-45(67)59-49(41)68/h8,11-14,19-20,28-30,33,41,61H,5,7,15-18,21-27,31H2,1-3H3,(H,56,66)(H,59,67,68)(H2,55,57,58,60). The minimum Gasteiger partial charge on any atom is -0.494 e. The molecule has 5 aromatic rings. The summed E-state index contributed by atoms with van der Waals surface area (Å²) >= 11 is 3.51. The molecule has 5 N–H and O–H groups in total. The number of carbonyl (C=O) groups is 4. The van der Waals surface area contributed by atoms with Gasteiger partial charge < -0.3 is 35.4 Å². The van der Waals surface area contributed by atoms with Crippen LogP contribution in [-0.2, 0) is 31.0 Å². The third-order valence-corrected chi connectivity index (χ3v) is 14.4. The molecule has 378 valence electrons. The largest absolute Gasteiger partial charge is 0.494 e. The van der Waals surface area contributed by atoms with E-state index < -0.39 is 27.9 Å². The minimum absolute atomic E-state index is 0.184. The Bertz CT molecular complexity index is 3230. The second-order valence-electron chi connectivity index (χ2n) is 18.1. The first-order chi connectivity index (χ1) is 35.2. The van der Waals surface area contributed by atoms with E-state index in [0.29, 0.717) is 68.7 Å². The number of rotatable bonds is 14. The van der Waals surface area contributed by atoms with Crippen molar-refractivity contribution in [1.29, 1.82) is 0 Å². The lowest BCUT2D eigenvalue weighted by Crippen LogP contribution is -2.53. The number of aromatic nitrogens is 4. The number of amides is 4. The average molecular weight is 1070 g/mol. The van der Waals surface area contributed by atoms with E-state index in [1.54, 1.807) is 49.4 Å². The van der Waals surface area contributed by atoms with Crippen LogP contribution in [0.15, 0.2) is 65.5 Å². The van der Waals surface area contributed by atoms with Gasteiger partial charge in [-0.05, 0) is 96.9 Å². The van der Waals surface area contributed by atoms with E-state index >= 15 is 0 Å². The molecule has 6 heterocycles. The number of hydrogen-bond donors (Lipinski definition) is 5. The molecule has 0 radical (unpaired) electrons. The highest BCUT2D eigenvalue weighted by Gasteiger charge is 2.40. The SMILES string of the molecule is CC#CC(=O)Nc1cc(Nc2ncc(Br)c(Nc3ccc4nccnc4c3NS(C)(=O)=O)n2)c(OC)cc1N1CCC(N2CCN(CCCC#Cc3cccc4c3CN(C3CCC(=O)NC3=O)C4=O)CC2)CC1. The molecular formula is C51H54BrN13O7S. The van der Waals surface area contributed by atoms with Gasteiger partial charge in [-0.2, -0.15) is 4.98 Å². The molecule has 0 saturated carbocycles. The summed E-state index contributed by atoms with van der Waals surface area (Å²) in [4.78, 5) is 77.2. The van der Waals surface area contributed by atoms with E-state index in [9.17, 15) is 27.6 Å². The first kappa shape index (κ1) is 50.6. The van der Waals surface area contributed by atoms with Crippen molar-refractivity contribution in [2.24, 2.45) is 0 Å². The summed E-state index contributed by atoms with van der Waals surface area (Å²) in [7, 11) is -2.13. The number of fused-ring (bicyclic) bond motifs is 2. The number of piperidine rings is 2. The Morgan fingerprint density at radius 1 is 0.945 bits per heavy atom. The van der Waals surface area contributed by atoms with Crippen LogP contribution in [-0.4, -0.2) is 138 Å². The Balaban J connectivity index is 0.802. The van der Waals surface area contributed by atoms with Crippen molar-refractivity contribution in [3.63, 3.8) is 0 Å². The van der Waals surface area contributed by atoms with Crippen LogP contribution in [0.2, 0.25) is 0 Å². The van der Waals surface area contributed by atoms with Gasteiger partial charge in [-0.15, -0.1) is 0 Å². The van der Waals surface area contributed by atoms with E-state index in [0.717, 1.165) is 94.6 Å². The number of unbranched alkanes of at least 4 members (excludes halogenated alkanes) is 1. The van der Waals surface area contributed by atoms with Gasteiger partial charge in [-0.1, -0.05) is 23.8 Å². The maximum Gasteiger partial charge on any atom is 0.300 e. The average Bonchev–Trinajstić information content (AvgIpc) is 3.71. The van der Waals surface area contributed by atoms with E-state index in [4.69, 9.17) is 9.72 Å². The normalized spacial score (nSPS) is 17.5. The summed E-state index contributed by atoms with van der Waals surface area (Å²) in [6.07, 6.45) is 9.67. The molecule has 3 fully saturated rings. The number of nitrogens with zero attached hydrogens (tertiary/aromatic N) is 8. The molecule has 4 aliphatic rings. The van der Waals surface area contributed by atoms with E-state index in [-0.39, 0.29) is 29.9 Å². The topological polar surface area (TPSA) is 236 Å². The third-order valence-electron chi connectivity index (χ3n) is 13.3. The Labute approximate surface area is 431 Å². The maximum absolute atomic E-state index is 13.2. The van der Waals surface area contributed by atoms with E-state index in [1.807, 2.05) is 18.2 Å². The van der Waals surface area contributed by atoms with Crippen LogP contribution < -0.4 is 35.6 Å². The fraction of sp³-hybridized carbons (Fsp3) is 0.373. The van der Waals surface area contributed by atoms with Gasteiger partial charge in [-0.25, -0.2) is 13.4 Å². The number of ether oxygens (including phenoxy) is 1. The zero-order chi connectivity index (χ0) is 51.2. The monoisotopic (exact) mass is 1070 g/mol. The van der Waals surface area contributed by atoms with Gasteiger partial charge in [0.1, 0.15) is 23.1 Å². The number of anilines is 7. The molecule has 9 rings (SSSR count). The van der Waals surface area contributed by atoms with Crippen LogP contribution in [0.4, 0.5) is 40.2 Å². The number of hydrogen-bond acceptors (Lipinski definition) is 16. The second-order valence-corrected chi connectivity index (χ2v) is 20.7. The van der Waals surface area contributed by atoms with Crippen LogP contribution in [0.1, 0.15) is 66.9 Å². The van der Waals surface area contributed by atoms with Gasteiger partial charge in [0.25, 0.3) is 11.8 Å². The van der Waals surface area contributed by atoms with Crippen molar-refractivity contribution < 1.29 is 32.3 Å². The highest BCUT2D eigenvalue weighted by Crippen LogP contribution is 2.41. The summed E-state index contributed by atoms with van der Waals surface area (Å²) in [6.45, 7) is 8.26. The molecule has 1 unspecified atom stereocenters. The number of halogens is 1. The number of methoxy groups -OCH3 is 1. The molecule has 0 aliphatic carbocycles. The van der Waals surface area contributed by atoms with Crippen molar-refractivity contribution in [3.05, 3.63) is 82.2 Å². The van der Waals surface area contributed by atoms with Crippen LogP contribution in [0.5, 0.6) is 5.75 Å². The molecule has 0 bridgehead atoms. The first-order valence-electron chi connectivity index (χ1n) is 24.0. The molecule has 1 atom stereocenters. The maximum atomic E-state index is 13.2. The van der Waals surface area contributed by atoms with Crippen LogP contribution in [0.25, 0.3) is 11.0 Å². The highest BCUT2D eigenvalue weighted by atomic mass is 79.9. The molecule has 20 nitrogen and oxygen atoms in total. The molecule has 3 saturated heterocycles. The number of carbonyl (C=O) groups excluding carboxylic acids is 4. The van der Waals surface area contributed by atoms with Gasteiger partial charge in [0.2, 0.25) is 27.8 Å². The van der Waals surface area contributed by atoms with E-state index in [1.165, 1.54) is 12.4 Å². The fourth-order valence-electron chi connectivity index (χ4n) is 9.73. The van der Waals surface area contributed by atoms with Gasteiger partial charge in [-0.3, -0.25) is 44.1 Å². The molecule has 0 spiro atoms. The van der Waals surface area contributed by atoms with Gasteiger partial charge in [0.15, 0.2) is 0 Å². The zero-order valence-corrected chi connectivity index (χ0v) is 43.0. The summed E-state index contributed by atoms with van der Waals surface area (Å²) < 4.78 is 33.8. The van der Waals surface area contributed by atoms with Crippen LogP contribution in [0.3, 0.4) is 0 Å². The minimum atomic E-state index is -3.70. The number of sulfonamides is 1. The lowest BCUT2D eigenvalue weighted by Gasteiger charge is -2.43. The number of nitrogens with one attached hydrogen (secondary N) is 5. The van der Waals surface area contributed by atoms with Gasteiger partial charge in [0.05, 0.1) is 51.8 Å². The first-order valence-corrected chi connectivity index (χ1v) is 26.6. The molecule has 73 heavy (non-hydrogen) atoms. The Morgan fingerprint density at radius 2 is 1.74 bits per heavy atom. The summed E-state index contributed by atoms with van der Waals surface area (Å²) in [5.41, 5.74) is 5.45. The lowest BCUT2D eigenvalue weighted by molar-refractivity contribution is -0.137. The zero-order valence-electron chi connectivity index (χ0n) is 40.5. The molecule has 3 aromatic carbocycles. The molecule has 2 aromatic heterocycles. The quantitative estimate of drug-likeness (QED) is 0.0547. The fourth-order valence-corrected chi connectivity index (χ4v) is 10.6. The second kappa shape index (κ2) is 22.2. The number of benzene rings is 3. The third kappa shape index (κ3) is 11.8. The Kier molecular flexibility index (Phi) is 15.4. The van der Waals surface area contributed by atoms with Crippen molar-refractivity contribution >= 4 is 101 Å². The van der Waals surface area contributed by atoms with Crippen molar-refractivity contribution in [1.82, 2.24) is 40.0 Å². The van der Waals surface area contributed by atoms with Crippen molar-refractivity contribution in [3.8, 4) is 29.4 Å².